The average Bonchev–Trinajstić information content (AvgIpc) is 2.86. The minimum atomic E-state index is -1.10. The predicted molar refractivity (Wildman–Crippen MR) is 122 cm³/mol. The molecule has 0 aliphatic carbocycles. The minimum Gasteiger partial charge on any atom is -0.497 e. The van der Waals surface area contributed by atoms with Gasteiger partial charge >= 0.3 is 0 Å². The molecule has 10 heteroatoms. The Bertz CT molecular complexity index is 1350. The number of carbonyl (C=O) groups excluding carboxylic acids is 1. The molecule has 3 aromatic rings. The number of nitrogens with zero attached hydrogens (tertiary/aromatic N) is 2. The highest BCUT2D eigenvalue weighted by Crippen LogP contribution is 2.41. The van der Waals surface area contributed by atoms with Gasteiger partial charge in [0, 0.05) is 12.5 Å². The summed E-state index contributed by atoms with van der Waals surface area (Å²) < 4.78 is 16.4. The predicted octanol–water partition coefficient (Wildman–Crippen LogP) is 2.39. The molecule has 3 N–H and O–H groups in total. The van der Waals surface area contributed by atoms with E-state index in [-0.39, 0.29) is 17.3 Å². The number of nitrogens with one attached hydrogen (secondary N) is 3. The Labute approximate surface area is 194 Å². The number of nitriles is 1. The van der Waals surface area contributed by atoms with Gasteiger partial charge in [-0.05, 0) is 35.4 Å². The summed E-state index contributed by atoms with van der Waals surface area (Å²) in [7, 11) is 1.60. The van der Waals surface area contributed by atoms with Crippen LogP contribution in [0.4, 0.5) is 11.8 Å². The molecule has 5 rings (SSSR count). The maximum absolute atomic E-state index is 13.2. The Balaban J connectivity index is 1.48. The second-order valence-corrected chi connectivity index (χ2v) is 7.86. The molecule has 1 amide bonds. The van der Waals surface area contributed by atoms with Gasteiger partial charge in [0.2, 0.25) is 11.9 Å². The van der Waals surface area contributed by atoms with Gasteiger partial charge in [-0.25, -0.2) is 0 Å². The molecule has 2 aliphatic rings. The van der Waals surface area contributed by atoms with Crippen molar-refractivity contribution in [1.29, 1.82) is 5.26 Å². The van der Waals surface area contributed by atoms with Crippen molar-refractivity contribution in [2.24, 2.45) is 5.92 Å². The lowest BCUT2D eigenvalue weighted by molar-refractivity contribution is -0.119. The topological polar surface area (TPSA) is 138 Å². The zero-order valence-corrected chi connectivity index (χ0v) is 18.3. The van der Waals surface area contributed by atoms with Gasteiger partial charge in [0.1, 0.15) is 30.7 Å². The summed E-state index contributed by atoms with van der Waals surface area (Å²) in [5, 5.41) is 15.4. The van der Waals surface area contributed by atoms with Crippen LogP contribution in [0.2, 0.25) is 0 Å². The van der Waals surface area contributed by atoms with Crippen molar-refractivity contribution in [2.75, 3.05) is 31.0 Å². The number of aromatic nitrogens is 2. The summed E-state index contributed by atoms with van der Waals surface area (Å²) in [5.74, 6) is -0.275. The van der Waals surface area contributed by atoms with Gasteiger partial charge in [-0.3, -0.25) is 14.6 Å². The summed E-state index contributed by atoms with van der Waals surface area (Å²) >= 11 is 0. The number of ether oxygens (including phenoxy) is 3. The molecular formula is C24H21N5O5. The van der Waals surface area contributed by atoms with E-state index in [0.717, 1.165) is 11.3 Å². The number of benzene rings is 2. The first kappa shape index (κ1) is 21.3. The minimum absolute atomic E-state index is 0.123. The number of rotatable bonds is 5. The molecule has 0 spiro atoms. The lowest BCUT2D eigenvalue weighted by Gasteiger charge is -2.29. The number of methoxy groups -OCH3 is 1. The summed E-state index contributed by atoms with van der Waals surface area (Å²) in [6, 6.07) is 14.6. The second kappa shape index (κ2) is 8.78. The smallest absolute Gasteiger partial charge is 0.258 e. The van der Waals surface area contributed by atoms with Crippen molar-refractivity contribution >= 4 is 17.7 Å². The normalized spacial score (nSPS) is 18.3. The van der Waals surface area contributed by atoms with Crippen LogP contribution in [-0.4, -0.2) is 36.2 Å². The molecule has 0 bridgehead atoms. The van der Waals surface area contributed by atoms with E-state index in [2.05, 4.69) is 20.6 Å². The van der Waals surface area contributed by atoms with Crippen molar-refractivity contribution in [2.45, 2.75) is 12.5 Å². The fourth-order valence-electron chi connectivity index (χ4n) is 4.14. The molecule has 2 unspecified atom stereocenters. The third-order valence-electron chi connectivity index (χ3n) is 5.81. The monoisotopic (exact) mass is 459 g/mol. The average molecular weight is 459 g/mol. The van der Waals surface area contributed by atoms with Crippen molar-refractivity contribution in [3.63, 3.8) is 0 Å². The molecule has 0 saturated heterocycles. The van der Waals surface area contributed by atoms with E-state index in [9.17, 15) is 14.9 Å². The molecule has 2 aliphatic heterocycles. The molecule has 3 heterocycles. The van der Waals surface area contributed by atoms with Crippen molar-refractivity contribution in [1.82, 2.24) is 9.97 Å². The number of hydrogen-bond donors (Lipinski definition) is 3. The fourth-order valence-corrected chi connectivity index (χ4v) is 4.14. The molecule has 34 heavy (non-hydrogen) atoms. The van der Waals surface area contributed by atoms with Gasteiger partial charge in [0.05, 0.1) is 18.7 Å². The summed E-state index contributed by atoms with van der Waals surface area (Å²) in [4.78, 5) is 33.0. The summed E-state index contributed by atoms with van der Waals surface area (Å²) in [6.45, 7) is 1.23. The zero-order chi connectivity index (χ0) is 23.7. The maximum atomic E-state index is 13.2. The molecule has 1 aromatic heterocycles. The number of amides is 1. The van der Waals surface area contributed by atoms with Crippen molar-refractivity contribution in [3.8, 4) is 23.3 Å². The lowest BCUT2D eigenvalue weighted by atomic mass is 9.79. The standard InChI is InChI=1S/C24H21N5O5/c1-32-15-5-2-13(3-6-15)12-26-24-28-21-20(23(31)29-24)19(16(11-25)22(30)27-21)14-4-7-17-18(10-14)34-9-8-33-17/h2-7,10,16,19H,8-9,12H2,1H3,(H3,26,27,28,29,30,31). The van der Waals surface area contributed by atoms with E-state index < -0.39 is 23.3 Å². The molecular weight excluding hydrogens is 438 g/mol. The van der Waals surface area contributed by atoms with Crippen LogP contribution in [0.3, 0.4) is 0 Å². The van der Waals surface area contributed by atoms with Crippen LogP contribution in [0.25, 0.3) is 0 Å². The molecule has 172 valence electrons. The van der Waals surface area contributed by atoms with Gasteiger partial charge < -0.3 is 24.8 Å². The first-order chi connectivity index (χ1) is 16.6. The van der Waals surface area contributed by atoms with Crippen molar-refractivity contribution in [3.05, 3.63) is 69.5 Å². The lowest BCUT2D eigenvalue weighted by Crippen LogP contribution is -2.38. The molecule has 2 aromatic carbocycles. The molecule has 0 saturated carbocycles. The van der Waals surface area contributed by atoms with Crippen LogP contribution in [-0.2, 0) is 11.3 Å². The van der Waals surface area contributed by atoms with Gasteiger partial charge in [0.25, 0.3) is 5.56 Å². The van der Waals surface area contributed by atoms with Crippen LogP contribution < -0.4 is 30.4 Å². The number of carbonyl (C=O) groups is 1. The zero-order valence-electron chi connectivity index (χ0n) is 18.3. The van der Waals surface area contributed by atoms with E-state index in [1.807, 2.05) is 30.3 Å². The first-order valence-corrected chi connectivity index (χ1v) is 10.7. The highest BCUT2D eigenvalue weighted by molar-refractivity contribution is 5.98. The van der Waals surface area contributed by atoms with E-state index in [4.69, 9.17) is 14.2 Å². The third-order valence-corrected chi connectivity index (χ3v) is 5.81. The van der Waals surface area contributed by atoms with Crippen molar-refractivity contribution < 1.29 is 19.0 Å². The maximum Gasteiger partial charge on any atom is 0.258 e. The molecule has 2 atom stereocenters. The van der Waals surface area contributed by atoms with E-state index in [1.165, 1.54) is 0 Å². The van der Waals surface area contributed by atoms with E-state index in [1.54, 1.807) is 25.3 Å². The van der Waals surface area contributed by atoms with Crippen LogP contribution in [0.5, 0.6) is 17.2 Å². The second-order valence-electron chi connectivity index (χ2n) is 7.86. The highest BCUT2D eigenvalue weighted by atomic mass is 16.6. The van der Waals surface area contributed by atoms with Gasteiger partial charge in [-0.15, -0.1) is 0 Å². The van der Waals surface area contributed by atoms with Crippen LogP contribution in [0, 0.1) is 17.2 Å². The quantitative estimate of drug-likeness (QED) is 0.529. The Morgan fingerprint density at radius 1 is 1.15 bits per heavy atom. The fraction of sp³-hybridized carbons (Fsp3) is 0.250. The Hall–Kier alpha value is -4.52. The largest absolute Gasteiger partial charge is 0.497 e. The molecule has 10 nitrogen and oxygen atoms in total. The number of anilines is 2. The van der Waals surface area contributed by atoms with Gasteiger partial charge in [-0.2, -0.15) is 10.2 Å². The highest BCUT2D eigenvalue weighted by Gasteiger charge is 2.40. The number of fused-ring (bicyclic) bond motifs is 2. The summed E-state index contributed by atoms with van der Waals surface area (Å²) in [5.41, 5.74) is 1.32. The Kier molecular flexibility index (Phi) is 5.51. The van der Waals surface area contributed by atoms with E-state index in [0.29, 0.717) is 36.8 Å². The molecule has 0 radical (unpaired) electrons. The van der Waals surface area contributed by atoms with Gasteiger partial charge in [0.15, 0.2) is 11.5 Å². The number of aromatic amines is 1. The Morgan fingerprint density at radius 3 is 2.65 bits per heavy atom. The van der Waals surface area contributed by atoms with Crippen LogP contribution in [0.1, 0.15) is 22.6 Å². The summed E-state index contributed by atoms with van der Waals surface area (Å²) in [6.07, 6.45) is 0. The number of H-pyrrole nitrogens is 1. The number of hydrogen-bond acceptors (Lipinski definition) is 8. The Morgan fingerprint density at radius 2 is 1.91 bits per heavy atom. The van der Waals surface area contributed by atoms with Crippen LogP contribution >= 0.6 is 0 Å². The van der Waals surface area contributed by atoms with Gasteiger partial charge in [-0.1, -0.05) is 18.2 Å². The van der Waals surface area contributed by atoms with E-state index >= 15 is 0 Å². The first-order valence-electron chi connectivity index (χ1n) is 10.7. The molecule has 0 fully saturated rings. The van der Waals surface area contributed by atoms with Crippen LogP contribution in [0.15, 0.2) is 47.3 Å². The SMILES string of the molecule is COc1ccc(CNc2nc3c(c(=O)[nH]2)C(c2ccc4c(c2)OCCO4)C(C#N)C(=O)N3)cc1. The third kappa shape index (κ3) is 3.88.